The Morgan fingerprint density at radius 3 is 1.07 bits per heavy atom. The van der Waals surface area contributed by atoms with E-state index in [-0.39, 0.29) is 38.6 Å². The van der Waals surface area contributed by atoms with Gasteiger partial charge in [0, 0.05) is 19.4 Å². The van der Waals surface area contributed by atoms with E-state index >= 15 is 0 Å². The maximum Gasteiger partial charge on any atom is 0.472 e. The van der Waals surface area contributed by atoms with Crippen LogP contribution in [-0.2, 0) is 32.7 Å². The van der Waals surface area contributed by atoms with Crippen molar-refractivity contribution in [1.82, 2.24) is 0 Å². The van der Waals surface area contributed by atoms with E-state index in [1.165, 1.54) is 225 Å². The predicted molar refractivity (Wildman–Crippen MR) is 312 cm³/mol. The van der Waals surface area contributed by atoms with Gasteiger partial charge < -0.3 is 20.1 Å². The van der Waals surface area contributed by atoms with Crippen LogP contribution in [0.1, 0.15) is 309 Å². The minimum absolute atomic E-state index is 0.0537. The highest BCUT2D eigenvalue weighted by Crippen LogP contribution is 2.43. The fourth-order valence-electron chi connectivity index (χ4n) is 9.05. The highest BCUT2D eigenvalue weighted by Gasteiger charge is 2.26. The first kappa shape index (κ1) is 71.0. The van der Waals surface area contributed by atoms with Gasteiger partial charge in [0.15, 0.2) is 6.10 Å². The second kappa shape index (κ2) is 59.2. The first-order valence-corrected chi connectivity index (χ1v) is 32.6. The molecule has 0 rings (SSSR count). The maximum absolute atomic E-state index is 12.7. The van der Waals surface area contributed by atoms with Crippen LogP contribution in [0.4, 0.5) is 0 Å². The molecular formula is C63H118NO8P. The molecule has 0 aromatic heterocycles. The van der Waals surface area contributed by atoms with E-state index in [2.05, 4.69) is 62.5 Å². The number of unbranched alkanes of at least 4 members (excludes halogenated alkanes) is 38. The molecule has 2 atom stereocenters. The number of allylic oxidation sites excluding steroid dienone is 8. The number of carbonyl (C=O) groups is 2. The lowest BCUT2D eigenvalue weighted by atomic mass is 10.0. The van der Waals surface area contributed by atoms with E-state index < -0.39 is 26.5 Å². The summed E-state index contributed by atoms with van der Waals surface area (Å²) >= 11 is 0. The number of phosphoric ester groups is 1. The van der Waals surface area contributed by atoms with Crippen molar-refractivity contribution in [1.29, 1.82) is 0 Å². The summed E-state index contributed by atoms with van der Waals surface area (Å²) in [6.45, 7) is 3.77. The number of esters is 2. The van der Waals surface area contributed by atoms with Crippen LogP contribution >= 0.6 is 7.82 Å². The fraction of sp³-hybridized carbons (Fsp3) is 0.841. The monoisotopic (exact) mass is 1050 g/mol. The normalized spacial score (nSPS) is 13.3. The number of nitrogens with two attached hydrogens (primary N) is 1. The van der Waals surface area contributed by atoms with Gasteiger partial charge in [0.25, 0.3) is 0 Å². The Kier molecular flexibility index (Phi) is 57.6. The van der Waals surface area contributed by atoms with Crippen molar-refractivity contribution >= 4 is 19.8 Å². The highest BCUT2D eigenvalue weighted by molar-refractivity contribution is 7.47. The van der Waals surface area contributed by atoms with E-state index in [0.717, 1.165) is 51.4 Å². The molecule has 0 saturated heterocycles. The molecule has 0 spiro atoms. The Morgan fingerprint density at radius 1 is 0.411 bits per heavy atom. The zero-order valence-corrected chi connectivity index (χ0v) is 48.8. The maximum atomic E-state index is 12.7. The number of hydrogen-bond acceptors (Lipinski definition) is 8. The number of ether oxygens (including phenoxy) is 2. The van der Waals surface area contributed by atoms with Crippen LogP contribution in [0.15, 0.2) is 48.6 Å². The van der Waals surface area contributed by atoms with Crippen molar-refractivity contribution in [3.05, 3.63) is 48.6 Å². The van der Waals surface area contributed by atoms with E-state index in [1.807, 2.05) is 0 Å². The van der Waals surface area contributed by atoms with Gasteiger partial charge in [0.05, 0.1) is 13.2 Å². The summed E-state index contributed by atoms with van der Waals surface area (Å²) < 4.78 is 33.1. The van der Waals surface area contributed by atoms with Gasteiger partial charge in [-0.3, -0.25) is 18.6 Å². The molecule has 2 unspecified atom stereocenters. The molecule has 0 amide bonds. The Labute approximate surface area is 451 Å². The van der Waals surface area contributed by atoms with Crippen molar-refractivity contribution in [2.45, 2.75) is 315 Å². The molecule has 0 aromatic carbocycles. The van der Waals surface area contributed by atoms with E-state index in [0.29, 0.717) is 6.42 Å². The average molecular weight is 1050 g/mol. The van der Waals surface area contributed by atoms with Crippen LogP contribution in [0.25, 0.3) is 0 Å². The minimum Gasteiger partial charge on any atom is -0.462 e. The van der Waals surface area contributed by atoms with E-state index in [4.69, 9.17) is 24.3 Å². The largest absolute Gasteiger partial charge is 0.472 e. The lowest BCUT2D eigenvalue weighted by molar-refractivity contribution is -0.161. The van der Waals surface area contributed by atoms with Crippen molar-refractivity contribution < 1.29 is 37.6 Å². The van der Waals surface area contributed by atoms with Crippen molar-refractivity contribution in [3.8, 4) is 0 Å². The smallest absolute Gasteiger partial charge is 0.462 e. The third kappa shape index (κ3) is 59.1. The summed E-state index contributed by atoms with van der Waals surface area (Å²) in [4.78, 5) is 35.2. The molecule has 73 heavy (non-hydrogen) atoms. The Hall–Kier alpha value is -2.03. The quantitative estimate of drug-likeness (QED) is 0.0264. The standard InChI is InChI=1S/C63H118NO8P/c1-3-5-7-9-11-13-15-17-19-21-23-25-26-27-28-29-30-31-32-33-34-36-38-40-42-44-46-48-50-52-54-56-63(66)72-61(60-71-73(67,68)70-58-57-64)59-69-62(65)55-53-51-49-47-45-43-41-39-37-35-24-22-20-18-16-14-12-10-8-6-4-2/h15,17,21-24,26-27,61H,3-14,16,18-20,25,28-60,64H2,1-2H3,(H,67,68)/b17-15-,23-21-,24-22-,27-26-. The minimum atomic E-state index is -4.39. The number of phosphoric acid groups is 1. The molecule has 0 bridgehead atoms. The topological polar surface area (TPSA) is 134 Å². The lowest BCUT2D eigenvalue weighted by Gasteiger charge is -2.19. The fourth-order valence-corrected chi connectivity index (χ4v) is 9.82. The molecule has 428 valence electrons. The van der Waals surface area contributed by atoms with Crippen LogP contribution in [-0.4, -0.2) is 49.3 Å². The van der Waals surface area contributed by atoms with Crippen LogP contribution < -0.4 is 5.73 Å². The number of carbonyl (C=O) groups excluding carboxylic acids is 2. The van der Waals surface area contributed by atoms with Crippen LogP contribution in [0.2, 0.25) is 0 Å². The van der Waals surface area contributed by atoms with Gasteiger partial charge in [-0.15, -0.1) is 0 Å². The summed E-state index contributed by atoms with van der Waals surface area (Å²) in [5, 5.41) is 0. The van der Waals surface area contributed by atoms with Crippen LogP contribution in [0, 0.1) is 0 Å². The number of hydrogen-bond donors (Lipinski definition) is 2. The molecule has 3 N–H and O–H groups in total. The first-order valence-electron chi connectivity index (χ1n) is 31.1. The Balaban J connectivity index is 3.90. The van der Waals surface area contributed by atoms with E-state index in [1.54, 1.807) is 0 Å². The van der Waals surface area contributed by atoms with Gasteiger partial charge in [-0.05, 0) is 77.0 Å². The van der Waals surface area contributed by atoms with E-state index in [9.17, 15) is 19.0 Å². The van der Waals surface area contributed by atoms with Crippen molar-refractivity contribution in [2.75, 3.05) is 26.4 Å². The van der Waals surface area contributed by atoms with Crippen LogP contribution in [0.5, 0.6) is 0 Å². The van der Waals surface area contributed by atoms with Crippen molar-refractivity contribution in [3.63, 3.8) is 0 Å². The molecule has 0 aliphatic heterocycles. The highest BCUT2D eigenvalue weighted by atomic mass is 31.2. The third-order valence-electron chi connectivity index (χ3n) is 13.7. The van der Waals surface area contributed by atoms with Gasteiger partial charge in [0.1, 0.15) is 6.61 Å². The Morgan fingerprint density at radius 2 is 0.712 bits per heavy atom. The molecule has 0 saturated carbocycles. The van der Waals surface area contributed by atoms with Gasteiger partial charge in [-0.1, -0.05) is 268 Å². The molecular weight excluding hydrogens is 930 g/mol. The average Bonchev–Trinajstić information content (AvgIpc) is 3.38. The zero-order valence-electron chi connectivity index (χ0n) is 47.9. The molecule has 9 nitrogen and oxygen atoms in total. The summed E-state index contributed by atoms with van der Waals surface area (Å²) in [5.41, 5.74) is 5.39. The van der Waals surface area contributed by atoms with Gasteiger partial charge >= 0.3 is 19.8 Å². The van der Waals surface area contributed by atoms with Crippen LogP contribution in [0.3, 0.4) is 0 Å². The third-order valence-corrected chi connectivity index (χ3v) is 14.7. The first-order chi connectivity index (χ1) is 35.8. The summed E-state index contributed by atoms with van der Waals surface area (Å²) in [6, 6.07) is 0. The predicted octanol–water partition coefficient (Wildman–Crippen LogP) is 19.7. The molecule has 10 heteroatoms. The van der Waals surface area contributed by atoms with Gasteiger partial charge in [-0.25, -0.2) is 4.57 Å². The summed E-state index contributed by atoms with van der Waals surface area (Å²) in [5.74, 6) is -0.817. The molecule has 0 aliphatic rings. The molecule has 0 heterocycles. The molecule has 0 aliphatic carbocycles. The lowest BCUT2D eigenvalue weighted by Crippen LogP contribution is -2.29. The van der Waals surface area contributed by atoms with Gasteiger partial charge in [0.2, 0.25) is 0 Å². The molecule has 0 aromatic rings. The molecule has 0 fully saturated rings. The van der Waals surface area contributed by atoms with Gasteiger partial charge in [-0.2, -0.15) is 0 Å². The second-order valence-corrected chi connectivity index (χ2v) is 22.4. The summed E-state index contributed by atoms with van der Waals surface area (Å²) in [6.07, 6.45) is 73.2. The van der Waals surface area contributed by atoms with Crippen molar-refractivity contribution in [2.24, 2.45) is 5.73 Å². The number of rotatable bonds is 59. The Bertz CT molecular complexity index is 1330. The zero-order chi connectivity index (χ0) is 53.1. The molecule has 0 radical (unpaired) electrons. The SMILES string of the molecule is CCCCCCC/C=C\C/C=C\C/C=C\CCCCCCCCCCCCCCCCCCC(=O)OC(COC(=O)CCCCCCCCCCC/C=C\CCCCCCCCCC)COP(=O)(O)OCCN. The summed E-state index contributed by atoms with van der Waals surface area (Å²) in [7, 11) is -4.39. The second-order valence-electron chi connectivity index (χ2n) is 20.9.